The van der Waals surface area contributed by atoms with E-state index in [1.807, 2.05) is 30.3 Å². The molecule has 0 aliphatic heterocycles. The second-order valence-electron chi connectivity index (χ2n) is 4.44. The number of aromatic carboxylic acids is 1. The Bertz CT molecular complexity index is 789. The average molecular weight is 313 g/mol. The van der Waals surface area contributed by atoms with Crippen LogP contribution in [-0.4, -0.2) is 24.8 Å². The van der Waals surface area contributed by atoms with Crippen molar-refractivity contribution in [1.29, 1.82) is 0 Å². The molecular weight excluding hydrogens is 302 g/mol. The summed E-state index contributed by atoms with van der Waals surface area (Å²) in [6.07, 6.45) is 2.03. The Morgan fingerprint density at radius 3 is 2.68 bits per heavy atom. The molecule has 0 aliphatic rings. The zero-order valence-electron chi connectivity index (χ0n) is 11.3. The lowest BCUT2D eigenvalue weighted by Gasteiger charge is -2.06. The number of pyridine rings is 1. The lowest BCUT2D eigenvalue weighted by atomic mass is 10.1. The van der Waals surface area contributed by atoms with E-state index in [0.717, 1.165) is 17.3 Å². The Labute approximate surface area is 130 Å². The van der Waals surface area contributed by atoms with E-state index in [2.05, 4.69) is 13.7 Å². The number of benzene rings is 1. The summed E-state index contributed by atoms with van der Waals surface area (Å²) in [6.45, 7) is 0. The van der Waals surface area contributed by atoms with Gasteiger partial charge in [0.25, 0.3) is 5.88 Å². The van der Waals surface area contributed by atoms with Crippen LogP contribution in [0.5, 0.6) is 11.8 Å². The van der Waals surface area contributed by atoms with Gasteiger partial charge in [-0.2, -0.15) is 4.37 Å². The van der Waals surface area contributed by atoms with Gasteiger partial charge in [0.1, 0.15) is 11.3 Å². The zero-order valence-corrected chi connectivity index (χ0v) is 12.2. The molecule has 7 heteroatoms. The van der Waals surface area contributed by atoms with Gasteiger partial charge >= 0.3 is 5.97 Å². The third kappa shape index (κ3) is 3.09. The molecule has 22 heavy (non-hydrogen) atoms. The number of carboxylic acids is 1. The Morgan fingerprint density at radius 2 is 1.91 bits per heavy atom. The van der Waals surface area contributed by atoms with E-state index < -0.39 is 5.97 Å². The van der Waals surface area contributed by atoms with Crippen molar-refractivity contribution < 1.29 is 14.6 Å². The van der Waals surface area contributed by atoms with Crippen LogP contribution in [-0.2, 0) is 6.42 Å². The average Bonchev–Trinajstić information content (AvgIpc) is 2.96. The van der Waals surface area contributed by atoms with Crippen molar-refractivity contribution in [2.45, 2.75) is 6.42 Å². The number of aromatic nitrogens is 3. The largest absolute Gasteiger partial charge is 0.477 e. The maximum Gasteiger partial charge on any atom is 0.341 e. The van der Waals surface area contributed by atoms with Crippen molar-refractivity contribution in [3.05, 3.63) is 65.5 Å². The first-order valence-electron chi connectivity index (χ1n) is 6.45. The van der Waals surface area contributed by atoms with Gasteiger partial charge in [-0.3, -0.25) is 0 Å². The zero-order chi connectivity index (χ0) is 15.4. The smallest absolute Gasteiger partial charge is 0.341 e. The Balaban J connectivity index is 1.86. The van der Waals surface area contributed by atoms with Crippen molar-refractivity contribution in [2.75, 3.05) is 0 Å². The highest BCUT2D eigenvalue weighted by atomic mass is 32.1. The van der Waals surface area contributed by atoms with Crippen LogP contribution in [0.15, 0.2) is 48.7 Å². The van der Waals surface area contributed by atoms with Crippen molar-refractivity contribution >= 4 is 17.7 Å². The van der Waals surface area contributed by atoms with Gasteiger partial charge in [-0.25, -0.2) is 9.78 Å². The van der Waals surface area contributed by atoms with E-state index in [4.69, 9.17) is 9.84 Å². The van der Waals surface area contributed by atoms with Crippen LogP contribution >= 0.6 is 11.7 Å². The van der Waals surface area contributed by atoms with Gasteiger partial charge in [-0.15, -0.1) is 4.37 Å². The minimum Gasteiger partial charge on any atom is -0.477 e. The van der Waals surface area contributed by atoms with Crippen molar-refractivity contribution in [1.82, 2.24) is 13.7 Å². The molecule has 2 aromatic heterocycles. The highest BCUT2D eigenvalue weighted by Crippen LogP contribution is 2.26. The van der Waals surface area contributed by atoms with Crippen molar-refractivity contribution in [3.8, 4) is 11.8 Å². The van der Waals surface area contributed by atoms with E-state index >= 15 is 0 Å². The van der Waals surface area contributed by atoms with Crippen LogP contribution in [0, 0.1) is 0 Å². The lowest BCUT2D eigenvalue weighted by molar-refractivity contribution is 0.0693. The Hall–Kier alpha value is -2.80. The number of rotatable bonds is 5. The van der Waals surface area contributed by atoms with Crippen LogP contribution in [0.2, 0.25) is 0 Å². The van der Waals surface area contributed by atoms with Crippen LogP contribution in [0.4, 0.5) is 0 Å². The molecule has 1 N–H and O–H groups in total. The molecule has 0 fully saturated rings. The molecule has 2 heterocycles. The van der Waals surface area contributed by atoms with Gasteiger partial charge in [0.15, 0.2) is 0 Å². The summed E-state index contributed by atoms with van der Waals surface area (Å²) < 4.78 is 13.9. The fourth-order valence-electron chi connectivity index (χ4n) is 1.90. The SMILES string of the molecule is O=C(O)c1cccnc1Oc1nsnc1Cc1ccccc1. The fraction of sp³-hybridized carbons (Fsp3) is 0.0667. The molecule has 3 aromatic rings. The number of hydrogen-bond donors (Lipinski definition) is 1. The predicted octanol–water partition coefficient (Wildman–Crippen LogP) is 3.01. The van der Waals surface area contributed by atoms with E-state index in [1.54, 1.807) is 6.07 Å². The molecule has 6 nitrogen and oxygen atoms in total. The number of carbonyl (C=O) groups is 1. The quantitative estimate of drug-likeness (QED) is 0.779. The predicted molar refractivity (Wildman–Crippen MR) is 80.4 cm³/mol. The van der Waals surface area contributed by atoms with Crippen molar-refractivity contribution in [2.24, 2.45) is 0 Å². The molecule has 0 atom stereocenters. The van der Waals surface area contributed by atoms with Gasteiger partial charge < -0.3 is 9.84 Å². The van der Waals surface area contributed by atoms with E-state index in [9.17, 15) is 4.79 Å². The highest BCUT2D eigenvalue weighted by molar-refractivity contribution is 6.99. The molecule has 1 aromatic carbocycles. The van der Waals surface area contributed by atoms with Gasteiger partial charge in [0, 0.05) is 12.6 Å². The highest BCUT2D eigenvalue weighted by Gasteiger charge is 2.17. The van der Waals surface area contributed by atoms with Crippen LogP contribution in [0.25, 0.3) is 0 Å². The first-order valence-corrected chi connectivity index (χ1v) is 7.18. The molecule has 0 unspecified atom stereocenters. The lowest BCUT2D eigenvalue weighted by Crippen LogP contribution is -2.02. The summed E-state index contributed by atoms with van der Waals surface area (Å²) in [5.41, 5.74) is 1.71. The standard InChI is InChI=1S/C15H11N3O3S/c19-15(20)11-7-4-8-16-13(11)21-14-12(17-22-18-14)9-10-5-2-1-3-6-10/h1-8H,9H2,(H,19,20). The van der Waals surface area contributed by atoms with E-state index in [0.29, 0.717) is 12.1 Å². The molecule has 0 saturated heterocycles. The minimum atomic E-state index is -1.10. The summed E-state index contributed by atoms with van der Waals surface area (Å²) in [6, 6.07) is 12.8. The topological polar surface area (TPSA) is 85.2 Å². The summed E-state index contributed by atoms with van der Waals surface area (Å²) in [5.74, 6) is -0.803. The van der Waals surface area contributed by atoms with Gasteiger partial charge in [0.05, 0.1) is 11.7 Å². The number of nitrogens with zero attached hydrogens (tertiary/aromatic N) is 3. The maximum absolute atomic E-state index is 11.2. The molecule has 0 amide bonds. The van der Waals surface area contributed by atoms with Crippen molar-refractivity contribution in [3.63, 3.8) is 0 Å². The molecule has 0 bridgehead atoms. The normalized spacial score (nSPS) is 10.4. The summed E-state index contributed by atoms with van der Waals surface area (Å²) >= 11 is 1.02. The first kappa shape index (κ1) is 14.2. The Kier molecular flexibility index (Phi) is 4.06. The molecule has 3 rings (SSSR count). The monoisotopic (exact) mass is 313 g/mol. The molecule has 0 radical (unpaired) electrons. The van der Waals surface area contributed by atoms with Crippen LogP contribution in [0.3, 0.4) is 0 Å². The Morgan fingerprint density at radius 1 is 1.09 bits per heavy atom. The van der Waals surface area contributed by atoms with Gasteiger partial charge in [-0.05, 0) is 17.7 Å². The van der Waals surface area contributed by atoms with Gasteiger partial charge in [0.2, 0.25) is 5.88 Å². The number of hydrogen-bond acceptors (Lipinski definition) is 6. The summed E-state index contributed by atoms with van der Waals surface area (Å²) in [7, 11) is 0. The van der Waals surface area contributed by atoms with Gasteiger partial charge in [-0.1, -0.05) is 30.3 Å². The van der Waals surface area contributed by atoms with Crippen LogP contribution in [0.1, 0.15) is 21.6 Å². The maximum atomic E-state index is 11.2. The third-order valence-corrected chi connectivity index (χ3v) is 3.48. The second kappa shape index (κ2) is 6.31. The molecule has 0 aliphatic carbocycles. The van der Waals surface area contributed by atoms with E-state index in [-0.39, 0.29) is 17.3 Å². The van der Waals surface area contributed by atoms with E-state index in [1.165, 1.54) is 12.3 Å². The van der Waals surface area contributed by atoms with Crippen LogP contribution < -0.4 is 4.74 Å². The fourth-order valence-corrected chi connectivity index (χ4v) is 2.40. The summed E-state index contributed by atoms with van der Waals surface area (Å²) in [4.78, 5) is 15.1. The second-order valence-corrected chi connectivity index (χ2v) is 4.97. The number of ether oxygens (including phenoxy) is 1. The summed E-state index contributed by atoms with van der Waals surface area (Å²) in [5, 5.41) is 9.15. The molecular formula is C15H11N3O3S. The molecule has 0 spiro atoms. The third-order valence-electron chi connectivity index (χ3n) is 2.93. The molecule has 110 valence electrons. The minimum absolute atomic E-state index is 0.0111. The first-order chi connectivity index (χ1) is 10.7. The number of carboxylic acid groups (broad SMARTS) is 1. The molecule has 0 saturated carbocycles.